The number of nitrogens with one attached hydrogen (secondary N) is 1. The molecule has 1 aromatic heterocycles. The SMILES string of the molecule is Cc1ccc(S(=O)(=O)O)c(Cc2cc(Cl)cnc2C(NC(=O)OC(C)(C)C)C2CCOC2)c1. The Morgan fingerprint density at radius 2 is 2.06 bits per heavy atom. The second-order valence-electron chi connectivity index (χ2n) is 9.21. The van der Waals surface area contributed by atoms with Crippen molar-refractivity contribution in [3.8, 4) is 0 Å². The average molecular weight is 497 g/mol. The lowest BCUT2D eigenvalue weighted by molar-refractivity contribution is 0.0479. The first-order valence-electron chi connectivity index (χ1n) is 10.6. The van der Waals surface area contributed by atoms with Crippen LogP contribution in [0.1, 0.15) is 55.6 Å². The number of aromatic nitrogens is 1. The Morgan fingerprint density at radius 1 is 1.33 bits per heavy atom. The monoisotopic (exact) mass is 496 g/mol. The highest BCUT2D eigenvalue weighted by molar-refractivity contribution is 7.85. The van der Waals surface area contributed by atoms with E-state index < -0.39 is 27.9 Å². The number of ether oxygens (including phenoxy) is 2. The van der Waals surface area contributed by atoms with Crippen molar-refractivity contribution >= 4 is 27.8 Å². The molecule has 1 fully saturated rings. The van der Waals surface area contributed by atoms with Crippen LogP contribution in [0.25, 0.3) is 0 Å². The molecule has 0 aliphatic carbocycles. The highest BCUT2D eigenvalue weighted by atomic mass is 35.5. The third kappa shape index (κ3) is 6.89. The van der Waals surface area contributed by atoms with Gasteiger partial charge < -0.3 is 14.8 Å². The Balaban J connectivity index is 2.04. The molecule has 2 N–H and O–H groups in total. The second-order valence-corrected chi connectivity index (χ2v) is 11.0. The molecule has 1 amide bonds. The summed E-state index contributed by atoms with van der Waals surface area (Å²) in [7, 11) is -4.43. The summed E-state index contributed by atoms with van der Waals surface area (Å²) in [6.07, 6.45) is 1.75. The van der Waals surface area contributed by atoms with Crippen molar-refractivity contribution in [1.29, 1.82) is 0 Å². The van der Waals surface area contributed by atoms with E-state index >= 15 is 0 Å². The van der Waals surface area contributed by atoms with E-state index in [4.69, 9.17) is 21.1 Å². The number of pyridine rings is 1. The summed E-state index contributed by atoms with van der Waals surface area (Å²) in [6, 6.07) is 5.85. The molecule has 2 unspecified atom stereocenters. The van der Waals surface area contributed by atoms with Crippen molar-refractivity contribution in [2.75, 3.05) is 13.2 Å². The van der Waals surface area contributed by atoms with Gasteiger partial charge in [-0.1, -0.05) is 29.3 Å². The van der Waals surface area contributed by atoms with Gasteiger partial charge in [-0.3, -0.25) is 9.54 Å². The number of carbonyl (C=O) groups excluding carboxylic acids is 1. The van der Waals surface area contributed by atoms with E-state index in [0.29, 0.717) is 41.5 Å². The molecule has 1 saturated heterocycles. The number of hydrogen-bond acceptors (Lipinski definition) is 6. The summed E-state index contributed by atoms with van der Waals surface area (Å²) in [5, 5.41) is 3.29. The van der Waals surface area contributed by atoms with Gasteiger partial charge in [-0.2, -0.15) is 8.42 Å². The highest BCUT2D eigenvalue weighted by Crippen LogP contribution is 2.33. The van der Waals surface area contributed by atoms with Gasteiger partial charge in [0.2, 0.25) is 0 Å². The number of alkyl carbamates (subject to hydrolysis) is 1. The Bertz CT molecular complexity index is 1120. The molecule has 0 saturated carbocycles. The average Bonchev–Trinajstić information content (AvgIpc) is 3.19. The molecule has 180 valence electrons. The van der Waals surface area contributed by atoms with Gasteiger partial charge in [0.25, 0.3) is 10.1 Å². The van der Waals surface area contributed by atoms with Gasteiger partial charge in [0.05, 0.1) is 28.3 Å². The maximum Gasteiger partial charge on any atom is 0.408 e. The van der Waals surface area contributed by atoms with Gasteiger partial charge in [0.15, 0.2) is 0 Å². The van der Waals surface area contributed by atoms with Gasteiger partial charge in [0, 0.05) is 25.1 Å². The maximum absolute atomic E-state index is 12.6. The van der Waals surface area contributed by atoms with Crippen LogP contribution in [0.2, 0.25) is 5.02 Å². The largest absolute Gasteiger partial charge is 0.444 e. The summed E-state index contributed by atoms with van der Waals surface area (Å²) in [6.45, 7) is 8.16. The number of halogens is 1. The van der Waals surface area contributed by atoms with Crippen LogP contribution in [0.3, 0.4) is 0 Å². The van der Waals surface area contributed by atoms with Crippen LogP contribution in [-0.4, -0.2) is 42.9 Å². The van der Waals surface area contributed by atoms with Crippen LogP contribution < -0.4 is 5.32 Å². The van der Waals surface area contributed by atoms with Gasteiger partial charge >= 0.3 is 6.09 Å². The molecule has 2 aromatic rings. The van der Waals surface area contributed by atoms with Crippen molar-refractivity contribution in [3.63, 3.8) is 0 Å². The van der Waals surface area contributed by atoms with E-state index in [0.717, 1.165) is 5.56 Å². The van der Waals surface area contributed by atoms with Crippen LogP contribution >= 0.6 is 11.6 Å². The van der Waals surface area contributed by atoms with E-state index in [1.165, 1.54) is 12.3 Å². The quantitative estimate of drug-likeness (QED) is 0.566. The molecule has 1 aliphatic heterocycles. The number of nitrogens with zero attached hydrogens (tertiary/aromatic N) is 1. The number of hydrogen-bond donors (Lipinski definition) is 2. The topological polar surface area (TPSA) is 115 Å². The Kier molecular flexibility index (Phi) is 7.68. The first kappa shape index (κ1) is 25.4. The standard InChI is InChI=1S/C23H29ClN2O6S/c1-14-5-6-19(33(28,29)30)16(9-14)10-17-11-18(24)12-25-20(17)21(15-7-8-31-13-15)26-22(27)32-23(2,3)4/h5-6,9,11-12,15,21H,7-8,10,13H2,1-4H3,(H,26,27)(H,28,29,30). The van der Waals surface area contributed by atoms with Crippen molar-refractivity contribution in [2.24, 2.45) is 5.92 Å². The first-order chi connectivity index (χ1) is 15.3. The minimum absolute atomic E-state index is 0.0523. The van der Waals surface area contributed by atoms with Gasteiger partial charge in [-0.05, 0) is 57.4 Å². The van der Waals surface area contributed by atoms with Crippen LogP contribution in [0.15, 0.2) is 35.4 Å². The van der Waals surface area contributed by atoms with E-state index in [9.17, 15) is 17.8 Å². The number of amides is 1. The molecule has 10 heteroatoms. The van der Waals surface area contributed by atoms with Crippen LogP contribution in [-0.2, 0) is 26.0 Å². The highest BCUT2D eigenvalue weighted by Gasteiger charge is 2.33. The number of rotatable bonds is 6. The zero-order valence-corrected chi connectivity index (χ0v) is 20.7. The van der Waals surface area contributed by atoms with Crippen LogP contribution in [0, 0.1) is 12.8 Å². The molecule has 0 bridgehead atoms. The maximum atomic E-state index is 12.6. The fraction of sp³-hybridized carbons (Fsp3) is 0.478. The molecule has 0 radical (unpaired) electrons. The lowest BCUT2D eigenvalue weighted by atomic mass is 9.91. The summed E-state index contributed by atoms with van der Waals surface area (Å²) in [5.41, 5.74) is 1.74. The molecule has 3 rings (SSSR count). The fourth-order valence-electron chi connectivity index (χ4n) is 3.88. The first-order valence-corrected chi connectivity index (χ1v) is 12.4. The molecule has 1 aromatic carbocycles. The number of aryl methyl sites for hydroxylation is 1. The van der Waals surface area contributed by atoms with Crippen molar-refractivity contribution < 1.29 is 27.2 Å². The van der Waals surface area contributed by atoms with E-state index in [2.05, 4.69) is 10.3 Å². The number of carbonyl (C=O) groups is 1. The molecule has 0 spiro atoms. The third-order valence-electron chi connectivity index (χ3n) is 5.25. The summed E-state index contributed by atoms with van der Waals surface area (Å²) in [4.78, 5) is 17.0. The molecule has 1 aliphatic rings. The van der Waals surface area contributed by atoms with Gasteiger partial charge in [-0.15, -0.1) is 0 Å². The van der Waals surface area contributed by atoms with Gasteiger partial charge in [-0.25, -0.2) is 4.79 Å². The van der Waals surface area contributed by atoms with E-state index in [1.807, 2.05) is 6.92 Å². The minimum atomic E-state index is -4.43. The summed E-state index contributed by atoms with van der Waals surface area (Å²) < 4.78 is 44.6. The molecular formula is C23H29ClN2O6S. The lowest BCUT2D eigenvalue weighted by Gasteiger charge is -2.28. The van der Waals surface area contributed by atoms with Crippen molar-refractivity contribution in [1.82, 2.24) is 10.3 Å². The zero-order valence-electron chi connectivity index (χ0n) is 19.1. The van der Waals surface area contributed by atoms with E-state index in [-0.39, 0.29) is 17.2 Å². The molecular weight excluding hydrogens is 468 g/mol. The minimum Gasteiger partial charge on any atom is -0.444 e. The predicted octanol–water partition coefficient (Wildman–Crippen LogP) is 4.48. The van der Waals surface area contributed by atoms with Gasteiger partial charge in [0.1, 0.15) is 5.60 Å². The Hall–Kier alpha value is -2.20. The van der Waals surface area contributed by atoms with Crippen LogP contribution in [0.5, 0.6) is 0 Å². The summed E-state index contributed by atoms with van der Waals surface area (Å²) in [5.74, 6) is -0.0523. The molecule has 8 nitrogen and oxygen atoms in total. The lowest BCUT2D eigenvalue weighted by Crippen LogP contribution is -2.39. The zero-order chi connectivity index (χ0) is 24.4. The third-order valence-corrected chi connectivity index (χ3v) is 6.41. The van der Waals surface area contributed by atoms with Crippen molar-refractivity contribution in [2.45, 2.75) is 57.1 Å². The molecule has 33 heavy (non-hydrogen) atoms. The fourth-order valence-corrected chi connectivity index (χ4v) is 4.76. The molecule has 2 atom stereocenters. The molecule has 2 heterocycles. The smallest absolute Gasteiger partial charge is 0.408 e. The second kappa shape index (κ2) is 9.97. The van der Waals surface area contributed by atoms with Crippen molar-refractivity contribution in [3.05, 3.63) is 57.9 Å². The number of benzene rings is 1. The Labute approximate surface area is 199 Å². The van der Waals surface area contributed by atoms with Crippen LogP contribution in [0.4, 0.5) is 4.79 Å². The van der Waals surface area contributed by atoms with E-state index in [1.54, 1.807) is 39.0 Å². The Morgan fingerprint density at radius 3 is 2.67 bits per heavy atom. The summed E-state index contributed by atoms with van der Waals surface area (Å²) >= 11 is 6.23. The predicted molar refractivity (Wildman–Crippen MR) is 124 cm³/mol. The normalized spacial score (nSPS) is 17.6.